The van der Waals surface area contributed by atoms with Gasteiger partial charge in [-0.3, -0.25) is 4.79 Å². The molecule has 0 spiro atoms. The lowest BCUT2D eigenvalue weighted by Gasteiger charge is -2.27. The summed E-state index contributed by atoms with van der Waals surface area (Å²) in [5, 5.41) is 10.2. The van der Waals surface area contributed by atoms with E-state index in [1.165, 1.54) is 0 Å². The van der Waals surface area contributed by atoms with Crippen LogP contribution < -0.4 is 15.5 Å². The molecule has 0 atom stereocenters. The van der Waals surface area contributed by atoms with E-state index in [9.17, 15) is 4.79 Å². The molecule has 9 heteroatoms. The fourth-order valence-electron chi connectivity index (χ4n) is 4.06. The highest BCUT2D eigenvalue weighted by Crippen LogP contribution is 2.25. The molecule has 1 aliphatic carbocycles. The molecule has 3 heterocycles. The number of nitrogens with zero attached hydrogens (tertiary/aromatic N) is 4. The minimum atomic E-state index is -0.237. The lowest BCUT2D eigenvalue weighted by atomic mass is 9.96. The standard InChI is InChI=1S/C23H26N6O3/c1-15-14-20(27-23(24-15)29-10-12-31-13-11-29)25-16-6-8-17(9-7-16)26-22(30)21-18-4-2-3-5-19(18)32-28-21/h6-9,14H,2-5,10-13H2,1H3,(H,26,30)(H,24,25,27). The van der Waals surface area contributed by atoms with Gasteiger partial charge in [-0.05, 0) is 50.5 Å². The molecule has 9 nitrogen and oxygen atoms in total. The van der Waals surface area contributed by atoms with Crippen molar-refractivity contribution in [3.63, 3.8) is 0 Å². The summed E-state index contributed by atoms with van der Waals surface area (Å²) >= 11 is 0. The molecule has 0 radical (unpaired) electrons. The van der Waals surface area contributed by atoms with Crippen LogP contribution in [0, 0.1) is 6.92 Å². The Hall–Kier alpha value is -3.46. The number of anilines is 4. The summed E-state index contributed by atoms with van der Waals surface area (Å²) < 4.78 is 10.8. The van der Waals surface area contributed by atoms with Crippen LogP contribution in [0.1, 0.15) is 40.3 Å². The molecular weight excluding hydrogens is 408 g/mol. The third-order valence-electron chi connectivity index (χ3n) is 5.72. The van der Waals surface area contributed by atoms with Crippen LogP contribution in [-0.2, 0) is 17.6 Å². The van der Waals surface area contributed by atoms with Gasteiger partial charge in [-0.2, -0.15) is 4.98 Å². The maximum Gasteiger partial charge on any atom is 0.278 e. The van der Waals surface area contributed by atoms with Crippen LogP contribution in [0.15, 0.2) is 34.9 Å². The van der Waals surface area contributed by atoms with Gasteiger partial charge in [0.25, 0.3) is 5.91 Å². The van der Waals surface area contributed by atoms with E-state index in [-0.39, 0.29) is 5.91 Å². The highest BCUT2D eigenvalue weighted by Gasteiger charge is 2.24. The Balaban J connectivity index is 1.26. The molecule has 1 fully saturated rings. The second kappa shape index (κ2) is 8.96. The number of ether oxygens (including phenoxy) is 1. The fraction of sp³-hybridized carbons (Fsp3) is 0.391. The third kappa shape index (κ3) is 4.43. The Morgan fingerprint density at radius 3 is 2.59 bits per heavy atom. The predicted molar refractivity (Wildman–Crippen MR) is 121 cm³/mol. The van der Waals surface area contributed by atoms with Crippen LogP contribution in [0.2, 0.25) is 0 Å². The van der Waals surface area contributed by atoms with Crippen molar-refractivity contribution in [1.82, 2.24) is 15.1 Å². The number of hydrogen-bond donors (Lipinski definition) is 2. The number of fused-ring (bicyclic) bond motifs is 1. The highest BCUT2D eigenvalue weighted by molar-refractivity contribution is 6.04. The summed E-state index contributed by atoms with van der Waals surface area (Å²) in [5.41, 5.74) is 3.80. The molecule has 0 saturated carbocycles. The Morgan fingerprint density at radius 1 is 1.03 bits per heavy atom. The van der Waals surface area contributed by atoms with E-state index in [0.717, 1.165) is 67.3 Å². The van der Waals surface area contributed by atoms with Gasteiger partial charge in [0, 0.05) is 48.2 Å². The Labute approximate surface area is 186 Å². The molecule has 2 aromatic heterocycles. The summed E-state index contributed by atoms with van der Waals surface area (Å²) in [7, 11) is 0. The van der Waals surface area contributed by atoms with E-state index in [2.05, 4.69) is 30.7 Å². The summed E-state index contributed by atoms with van der Waals surface area (Å²) in [6, 6.07) is 9.42. The number of morpholine rings is 1. The molecular formula is C23H26N6O3. The molecule has 1 amide bonds. The molecule has 1 saturated heterocycles. The van der Waals surface area contributed by atoms with E-state index in [1.54, 1.807) is 0 Å². The number of carbonyl (C=O) groups is 1. The minimum absolute atomic E-state index is 0.237. The average Bonchev–Trinajstić information content (AvgIpc) is 3.25. The van der Waals surface area contributed by atoms with Crippen LogP contribution in [0.4, 0.5) is 23.1 Å². The number of aromatic nitrogens is 3. The normalized spacial score (nSPS) is 15.8. The predicted octanol–water partition coefficient (Wildman–Crippen LogP) is 3.48. The van der Waals surface area contributed by atoms with Gasteiger partial charge in [-0.25, -0.2) is 4.98 Å². The maximum atomic E-state index is 12.7. The second-order valence-electron chi connectivity index (χ2n) is 8.09. The number of amides is 1. The van der Waals surface area contributed by atoms with Crippen molar-refractivity contribution in [2.24, 2.45) is 0 Å². The average molecular weight is 435 g/mol. The summed E-state index contributed by atoms with van der Waals surface area (Å²) in [6.45, 7) is 4.89. The van der Waals surface area contributed by atoms with Crippen molar-refractivity contribution in [2.45, 2.75) is 32.6 Å². The van der Waals surface area contributed by atoms with E-state index in [4.69, 9.17) is 9.26 Å². The van der Waals surface area contributed by atoms with Gasteiger partial charge in [0.15, 0.2) is 5.69 Å². The van der Waals surface area contributed by atoms with E-state index in [1.807, 2.05) is 37.3 Å². The van der Waals surface area contributed by atoms with E-state index in [0.29, 0.717) is 30.5 Å². The number of hydrogen-bond acceptors (Lipinski definition) is 8. The Kier molecular flexibility index (Phi) is 5.72. The van der Waals surface area contributed by atoms with Crippen molar-refractivity contribution < 1.29 is 14.1 Å². The summed E-state index contributed by atoms with van der Waals surface area (Å²) in [5.74, 6) is 2.04. The molecule has 0 unspecified atom stereocenters. The van der Waals surface area contributed by atoms with Crippen LogP contribution >= 0.6 is 0 Å². The van der Waals surface area contributed by atoms with E-state index < -0.39 is 0 Å². The molecule has 5 rings (SSSR count). The smallest absolute Gasteiger partial charge is 0.278 e. The van der Waals surface area contributed by atoms with Crippen molar-refractivity contribution >= 4 is 29.0 Å². The summed E-state index contributed by atoms with van der Waals surface area (Å²) in [6.07, 6.45) is 3.84. The molecule has 1 aliphatic heterocycles. The lowest BCUT2D eigenvalue weighted by molar-refractivity contribution is 0.101. The zero-order valence-electron chi connectivity index (χ0n) is 18.1. The molecule has 0 bridgehead atoms. The Bertz CT molecular complexity index is 1110. The summed E-state index contributed by atoms with van der Waals surface area (Å²) in [4.78, 5) is 24.0. The van der Waals surface area contributed by atoms with Gasteiger partial charge in [-0.1, -0.05) is 5.16 Å². The van der Waals surface area contributed by atoms with Gasteiger partial charge in [0.05, 0.1) is 13.2 Å². The van der Waals surface area contributed by atoms with Gasteiger partial charge < -0.3 is 24.8 Å². The van der Waals surface area contributed by atoms with Crippen molar-refractivity contribution in [3.05, 3.63) is 53.0 Å². The second-order valence-corrected chi connectivity index (χ2v) is 8.09. The maximum absolute atomic E-state index is 12.7. The zero-order chi connectivity index (χ0) is 21.9. The SMILES string of the molecule is Cc1cc(Nc2ccc(NC(=O)c3noc4c3CCCC4)cc2)nc(N2CCOCC2)n1. The topological polar surface area (TPSA) is 105 Å². The van der Waals surface area contributed by atoms with Gasteiger partial charge in [0.1, 0.15) is 11.6 Å². The van der Waals surface area contributed by atoms with Crippen molar-refractivity contribution in [3.8, 4) is 0 Å². The highest BCUT2D eigenvalue weighted by atomic mass is 16.5. The number of carbonyl (C=O) groups excluding carboxylic acids is 1. The molecule has 2 aliphatic rings. The lowest BCUT2D eigenvalue weighted by Crippen LogP contribution is -2.37. The van der Waals surface area contributed by atoms with E-state index >= 15 is 0 Å². The number of benzene rings is 1. The first-order valence-electron chi connectivity index (χ1n) is 11.0. The molecule has 3 aromatic rings. The van der Waals surface area contributed by atoms with Crippen LogP contribution in [0.25, 0.3) is 0 Å². The third-order valence-corrected chi connectivity index (χ3v) is 5.72. The Morgan fingerprint density at radius 2 is 1.78 bits per heavy atom. The fourth-order valence-corrected chi connectivity index (χ4v) is 4.06. The van der Waals surface area contributed by atoms with Crippen LogP contribution in [0.3, 0.4) is 0 Å². The zero-order valence-corrected chi connectivity index (χ0v) is 18.1. The molecule has 2 N–H and O–H groups in total. The van der Waals surface area contributed by atoms with Crippen LogP contribution in [-0.4, -0.2) is 47.3 Å². The number of aryl methyl sites for hydroxylation is 2. The quantitative estimate of drug-likeness (QED) is 0.629. The number of rotatable bonds is 5. The first-order chi connectivity index (χ1) is 15.7. The van der Waals surface area contributed by atoms with Crippen molar-refractivity contribution in [2.75, 3.05) is 41.8 Å². The van der Waals surface area contributed by atoms with Crippen molar-refractivity contribution in [1.29, 1.82) is 0 Å². The molecule has 1 aromatic carbocycles. The van der Waals surface area contributed by atoms with Gasteiger partial charge in [-0.15, -0.1) is 0 Å². The van der Waals surface area contributed by atoms with Gasteiger partial charge in [0.2, 0.25) is 5.95 Å². The largest absolute Gasteiger partial charge is 0.378 e. The number of nitrogens with one attached hydrogen (secondary N) is 2. The first kappa shape index (κ1) is 20.4. The monoisotopic (exact) mass is 434 g/mol. The molecule has 166 valence electrons. The minimum Gasteiger partial charge on any atom is -0.378 e. The first-order valence-corrected chi connectivity index (χ1v) is 11.0. The molecule has 32 heavy (non-hydrogen) atoms. The van der Waals surface area contributed by atoms with Crippen LogP contribution in [0.5, 0.6) is 0 Å². The van der Waals surface area contributed by atoms with Gasteiger partial charge >= 0.3 is 0 Å².